The molecule has 5 aromatic rings. The van der Waals surface area contributed by atoms with E-state index < -0.39 is 17.8 Å². The molecule has 172 valence electrons. The molecule has 5 rings (SSSR count). The molecule has 0 aliphatic rings. The van der Waals surface area contributed by atoms with Crippen LogP contribution in [0.5, 0.6) is 0 Å². The Morgan fingerprint density at radius 3 is 2.56 bits per heavy atom. The number of carbonyl (C=O) groups is 1. The summed E-state index contributed by atoms with van der Waals surface area (Å²) >= 11 is 0. The van der Waals surface area contributed by atoms with Crippen molar-refractivity contribution in [2.24, 2.45) is 0 Å². The highest BCUT2D eigenvalue weighted by molar-refractivity contribution is 5.99. The normalized spacial score (nSPS) is 11.8. The molecule has 0 bridgehead atoms. The van der Waals surface area contributed by atoms with Crippen LogP contribution in [0, 0.1) is 0 Å². The van der Waals surface area contributed by atoms with Crippen LogP contribution in [0.3, 0.4) is 0 Å². The molecule has 0 saturated carbocycles. The summed E-state index contributed by atoms with van der Waals surface area (Å²) in [6.07, 6.45) is 1.21. The number of carbonyl (C=O) groups excluding carboxylic acids is 1. The lowest BCUT2D eigenvalue weighted by atomic mass is 10.2. The summed E-state index contributed by atoms with van der Waals surface area (Å²) in [7, 11) is 1.56. The maximum Gasteiger partial charge on any atom is 0.433 e. The lowest BCUT2D eigenvalue weighted by molar-refractivity contribution is -0.142. The van der Waals surface area contributed by atoms with Crippen LogP contribution in [0.25, 0.3) is 22.8 Å². The van der Waals surface area contributed by atoms with Gasteiger partial charge in [0, 0.05) is 26.0 Å². The van der Waals surface area contributed by atoms with Crippen molar-refractivity contribution in [2.45, 2.75) is 12.7 Å². The molecular formula is C23H17F3N6O2. The van der Waals surface area contributed by atoms with E-state index in [0.29, 0.717) is 4.52 Å². The van der Waals surface area contributed by atoms with Crippen molar-refractivity contribution < 1.29 is 22.4 Å². The molecule has 0 radical (unpaired) electrons. The van der Waals surface area contributed by atoms with Crippen LogP contribution in [0.15, 0.2) is 77.8 Å². The molecule has 1 amide bonds. The van der Waals surface area contributed by atoms with E-state index >= 15 is 0 Å². The Labute approximate surface area is 190 Å². The summed E-state index contributed by atoms with van der Waals surface area (Å²) < 4.78 is 48.7. The fourth-order valence-corrected chi connectivity index (χ4v) is 3.59. The minimum absolute atomic E-state index is 0.0451. The van der Waals surface area contributed by atoms with E-state index in [9.17, 15) is 18.0 Å². The number of alkyl halides is 3. The second-order valence-corrected chi connectivity index (χ2v) is 7.57. The molecule has 11 heteroatoms. The number of aromatic nitrogens is 5. The van der Waals surface area contributed by atoms with Gasteiger partial charge >= 0.3 is 6.18 Å². The molecule has 1 aromatic carbocycles. The zero-order valence-corrected chi connectivity index (χ0v) is 17.8. The fourth-order valence-electron chi connectivity index (χ4n) is 3.59. The number of halogens is 3. The number of amides is 1. The van der Waals surface area contributed by atoms with Crippen LogP contribution in [0.2, 0.25) is 0 Å². The topological polar surface area (TPSA) is 81.5 Å². The summed E-state index contributed by atoms with van der Waals surface area (Å²) in [6.45, 7) is 0.236. The predicted octanol–water partition coefficient (Wildman–Crippen LogP) is 4.47. The van der Waals surface area contributed by atoms with Gasteiger partial charge in [0.1, 0.15) is 11.3 Å². The molecule has 0 spiro atoms. The smallest absolute Gasteiger partial charge is 0.433 e. The van der Waals surface area contributed by atoms with E-state index in [-0.39, 0.29) is 29.2 Å². The Balaban J connectivity index is 1.46. The molecule has 4 aromatic heterocycles. The second-order valence-electron chi connectivity index (χ2n) is 7.57. The lowest BCUT2D eigenvalue weighted by Gasteiger charge is -2.17. The summed E-state index contributed by atoms with van der Waals surface area (Å²) in [5.74, 6) is -0.360. The Bertz CT molecular complexity index is 1440. The van der Waals surface area contributed by atoms with Crippen molar-refractivity contribution in [3.8, 4) is 17.1 Å². The van der Waals surface area contributed by atoms with Crippen molar-refractivity contribution in [2.75, 3.05) is 7.05 Å². The maximum absolute atomic E-state index is 13.7. The monoisotopic (exact) mass is 466 g/mol. The first kappa shape index (κ1) is 21.4. The average Bonchev–Trinajstić information content (AvgIpc) is 3.59. The summed E-state index contributed by atoms with van der Waals surface area (Å²) in [6, 6.07) is 13.1. The number of benzene rings is 1. The van der Waals surface area contributed by atoms with Crippen molar-refractivity contribution in [3.05, 3.63) is 90.2 Å². The van der Waals surface area contributed by atoms with Crippen LogP contribution in [-0.4, -0.2) is 42.2 Å². The summed E-state index contributed by atoms with van der Waals surface area (Å²) in [4.78, 5) is 18.8. The Kier molecular flexibility index (Phi) is 5.16. The summed E-state index contributed by atoms with van der Waals surface area (Å²) in [5, 5.41) is 7.97. The third kappa shape index (κ3) is 3.91. The molecular weight excluding hydrogens is 449 g/mol. The van der Waals surface area contributed by atoms with Crippen LogP contribution >= 0.6 is 0 Å². The zero-order valence-electron chi connectivity index (χ0n) is 17.8. The van der Waals surface area contributed by atoms with E-state index in [1.165, 1.54) is 17.2 Å². The van der Waals surface area contributed by atoms with Gasteiger partial charge in [-0.2, -0.15) is 23.4 Å². The van der Waals surface area contributed by atoms with Gasteiger partial charge < -0.3 is 9.32 Å². The van der Waals surface area contributed by atoms with Crippen LogP contribution in [-0.2, 0) is 12.7 Å². The molecule has 0 saturated heterocycles. The molecule has 34 heavy (non-hydrogen) atoms. The van der Waals surface area contributed by atoms with Gasteiger partial charge in [-0.15, -0.1) is 0 Å². The first-order chi connectivity index (χ1) is 16.3. The van der Waals surface area contributed by atoms with Crippen LogP contribution < -0.4 is 0 Å². The number of fused-ring (bicyclic) bond motifs is 1. The third-order valence-electron chi connectivity index (χ3n) is 5.24. The van der Waals surface area contributed by atoms with Gasteiger partial charge in [-0.05, 0) is 42.0 Å². The molecule has 0 fully saturated rings. The SMILES string of the molecule is CN(Cc1ccc(-n2cccn2)cc1)C(=O)c1cnn2c(C(F)(F)F)cc(-c3ccco3)nc12. The number of rotatable bonds is 5. The highest BCUT2D eigenvalue weighted by Gasteiger charge is 2.36. The highest BCUT2D eigenvalue weighted by Crippen LogP contribution is 2.33. The highest BCUT2D eigenvalue weighted by atomic mass is 19.4. The number of nitrogens with zero attached hydrogens (tertiary/aromatic N) is 6. The van der Waals surface area contributed by atoms with E-state index in [1.54, 1.807) is 24.0 Å². The van der Waals surface area contributed by atoms with Gasteiger partial charge in [0.25, 0.3) is 5.91 Å². The Morgan fingerprint density at radius 1 is 1.12 bits per heavy atom. The van der Waals surface area contributed by atoms with E-state index in [0.717, 1.165) is 23.5 Å². The predicted molar refractivity (Wildman–Crippen MR) is 115 cm³/mol. The molecule has 0 N–H and O–H groups in total. The van der Waals surface area contributed by atoms with Gasteiger partial charge in [0.15, 0.2) is 17.1 Å². The molecule has 0 atom stereocenters. The van der Waals surface area contributed by atoms with Gasteiger partial charge in [-0.3, -0.25) is 4.79 Å². The van der Waals surface area contributed by atoms with Gasteiger partial charge in [-0.1, -0.05) is 12.1 Å². The first-order valence-corrected chi connectivity index (χ1v) is 10.2. The van der Waals surface area contributed by atoms with Gasteiger partial charge in [-0.25, -0.2) is 14.2 Å². The third-order valence-corrected chi connectivity index (χ3v) is 5.24. The van der Waals surface area contributed by atoms with E-state index in [1.807, 2.05) is 36.5 Å². The molecule has 0 aliphatic carbocycles. The molecule has 0 aliphatic heterocycles. The Hall–Kier alpha value is -4.41. The molecule has 8 nitrogen and oxygen atoms in total. The zero-order chi connectivity index (χ0) is 23.9. The quantitative estimate of drug-likeness (QED) is 0.382. The number of hydrogen-bond donors (Lipinski definition) is 0. The van der Waals surface area contributed by atoms with Crippen molar-refractivity contribution in [3.63, 3.8) is 0 Å². The van der Waals surface area contributed by atoms with Crippen molar-refractivity contribution in [1.29, 1.82) is 0 Å². The molecule has 4 heterocycles. The van der Waals surface area contributed by atoms with Gasteiger partial charge in [0.05, 0.1) is 18.1 Å². The Morgan fingerprint density at radius 2 is 1.91 bits per heavy atom. The maximum atomic E-state index is 13.7. The largest absolute Gasteiger partial charge is 0.463 e. The molecule has 0 unspecified atom stereocenters. The van der Waals surface area contributed by atoms with E-state index in [4.69, 9.17) is 4.42 Å². The van der Waals surface area contributed by atoms with E-state index in [2.05, 4.69) is 15.2 Å². The van der Waals surface area contributed by atoms with Crippen LogP contribution in [0.4, 0.5) is 13.2 Å². The van der Waals surface area contributed by atoms with Crippen LogP contribution in [0.1, 0.15) is 21.6 Å². The van der Waals surface area contributed by atoms with Crippen molar-refractivity contribution >= 4 is 11.6 Å². The van der Waals surface area contributed by atoms with Gasteiger partial charge in [0.2, 0.25) is 0 Å². The lowest BCUT2D eigenvalue weighted by Crippen LogP contribution is -2.26. The van der Waals surface area contributed by atoms with Crippen molar-refractivity contribution in [1.82, 2.24) is 29.3 Å². The average molecular weight is 466 g/mol. The minimum atomic E-state index is -4.71. The fraction of sp³-hybridized carbons (Fsp3) is 0.130. The second kappa shape index (κ2) is 8.18. The standard InChI is InChI=1S/C23H17F3N6O2/c1-30(14-15-5-7-16(8-6-15)31-10-3-9-27-31)22(33)17-13-28-32-20(23(24,25)26)12-18(29-21(17)32)19-4-2-11-34-19/h2-13H,14H2,1H3. The minimum Gasteiger partial charge on any atom is -0.463 e. The summed E-state index contributed by atoms with van der Waals surface area (Å²) in [5.41, 5.74) is 0.348. The number of hydrogen-bond acceptors (Lipinski definition) is 5. The first-order valence-electron chi connectivity index (χ1n) is 10.2. The number of furan rings is 1.